The number of amides is 1. The van der Waals surface area contributed by atoms with Crippen molar-refractivity contribution in [3.05, 3.63) is 122 Å². The number of carbonyl (C=O) groups is 1. The van der Waals surface area contributed by atoms with E-state index in [1.54, 1.807) is 49.6 Å². The highest BCUT2D eigenvalue weighted by molar-refractivity contribution is 5.93. The summed E-state index contributed by atoms with van der Waals surface area (Å²) < 4.78 is 12.5. The van der Waals surface area contributed by atoms with Crippen molar-refractivity contribution < 1.29 is 19.2 Å². The van der Waals surface area contributed by atoms with Crippen LogP contribution >= 0.6 is 0 Å². The number of carbonyl (C=O) groups excluding carboxylic acids is 1. The zero-order chi connectivity index (χ0) is 33.0. The summed E-state index contributed by atoms with van der Waals surface area (Å²) in [6.07, 6.45) is 1.30. The van der Waals surface area contributed by atoms with Gasteiger partial charge in [0.05, 0.1) is 29.2 Å². The van der Waals surface area contributed by atoms with Crippen LogP contribution in [0, 0.1) is 24.0 Å². The number of benzene rings is 4. The van der Waals surface area contributed by atoms with Gasteiger partial charge in [-0.05, 0) is 72.9 Å². The Balaban J connectivity index is 1.60. The van der Waals surface area contributed by atoms with Crippen LogP contribution in [0.4, 0.5) is 11.4 Å². The van der Waals surface area contributed by atoms with Crippen LogP contribution in [0.25, 0.3) is 22.3 Å². The summed E-state index contributed by atoms with van der Waals surface area (Å²) in [5.41, 5.74) is 3.78. The van der Waals surface area contributed by atoms with Crippen LogP contribution in [0.2, 0.25) is 0 Å². The molecule has 0 saturated heterocycles. The Hall–Kier alpha value is -5.84. The largest absolute Gasteiger partial charge is 0.496 e. The molecule has 1 amide bonds. The molecule has 234 valence electrons. The van der Waals surface area contributed by atoms with Gasteiger partial charge in [0, 0.05) is 22.9 Å². The van der Waals surface area contributed by atoms with Crippen molar-refractivity contribution in [3.8, 4) is 22.9 Å². The molecule has 0 spiro atoms. The number of anilines is 1. The highest BCUT2D eigenvalue weighted by Gasteiger charge is 2.21. The minimum Gasteiger partial charge on any atom is -0.496 e. The number of aromatic nitrogens is 2. The fourth-order valence-corrected chi connectivity index (χ4v) is 5.07. The van der Waals surface area contributed by atoms with Gasteiger partial charge < -0.3 is 14.8 Å². The molecule has 0 aliphatic rings. The maximum absolute atomic E-state index is 13.9. The smallest absolute Gasteiger partial charge is 0.311 e. The number of hydrogen-bond acceptors (Lipinski definition) is 8. The predicted octanol–water partition coefficient (Wildman–Crippen LogP) is 6.62. The number of nitrogens with one attached hydrogen (secondary N) is 1. The molecule has 46 heavy (non-hydrogen) atoms. The summed E-state index contributed by atoms with van der Waals surface area (Å²) in [7, 11) is 1.61. The van der Waals surface area contributed by atoms with E-state index < -0.39 is 23.0 Å². The van der Waals surface area contributed by atoms with Gasteiger partial charge >= 0.3 is 5.69 Å². The number of aryl methyl sites for hydroxylation is 2. The van der Waals surface area contributed by atoms with Crippen LogP contribution in [0.15, 0.2) is 88.8 Å². The summed E-state index contributed by atoms with van der Waals surface area (Å²) in [5.74, 6) is 0.462. The molecule has 1 aromatic heterocycles. The molecule has 0 unspecified atom stereocenters. The Kier molecular flexibility index (Phi) is 9.22. The maximum atomic E-state index is 13.9. The van der Waals surface area contributed by atoms with Crippen molar-refractivity contribution in [2.45, 2.75) is 33.6 Å². The van der Waals surface area contributed by atoms with Crippen molar-refractivity contribution >= 4 is 34.4 Å². The number of fused-ring (bicyclic) bond motifs is 1. The first-order valence-electron chi connectivity index (χ1n) is 14.6. The zero-order valence-corrected chi connectivity index (χ0v) is 26.1. The SMILES string of the molecule is COc1cc(C)c(-c2nc3ccccc3c(=O)n2N=Cc2cccc([N+](=O)[O-])c2OCC(=O)Nc2ccccc2C)cc1C(C)C. The third-order valence-electron chi connectivity index (χ3n) is 7.49. The first-order chi connectivity index (χ1) is 22.1. The van der Waals surface area contributed by atoms with Crippen LogP contribution in [0.3, 0.4) is 0 Å². The number of hydrogen-bond donors (Lipinski definition) is 1. The molecule has 11 nitrogen and oxygen atoms in total. The van der Waals surface area contributed by atoms with Crippen molar-refractivity contribution in [3.63, 3.8) is 0 Å². The molecular formula is C35H33N5O6. The molecule has 0 aliphatic heterocycles. The third-order valence-corrected chi connectivity index (χ3v) is 7.49. The summed E-state index contributed by atoms with van der Waals surface area (Å²) in [5, 5.41) is 19.6. The van der Waals surface area contributed by atoms with Gasteiger partial charge in [0.2, 0.25) is 5.75 Å². The molecule has 5 rings (SSSR count). The number of ether oxygens (including phenoxy) is 2. The number of nitro benzene ring substituents is 1. The molecule has 1 N–H and O–H groups in total. The van der Waals surface area contributed by atoms with Gasteiger partial charge in [0.25, 0.3) is 11.5 Å². The fraction of sp³-hybridized carbons (Fsp3) is 0.200. The number of rotatable bonds is 10. The Bertz CT molecular complexity index is 2050. The molecule has 4 aromatic carbocycles. The average molecular weight is 620 g/mol. The van der Waals surface area contributed by atoms with Gasteiger partial charge in [-0.1, -0.05) is 50.2 Å². The Morgan fingerprint density at radius 2 is 1.78 bits per heavy atom. The van der Waals surface area contributed by atoms with E-state index in [-0.39, 0.29) is 28.7 Å². The van der Waals surface area contributed by atoms with Gasteiger partial charge in [0.1, 0.15) is 5.75 Å². The Morgan fingerprint density at radius 1 is 1.04 bits per heavy atom. The highest BCUT2D eigenvalue weighted by atomic mass is 16.6. The molecule has 0 aliphatic carbocycles. The molecule has 0 radical (unpaired) electrons. The van der Waals surface area contributed by atoms with Gasteiger partial charge in [-0.3, -0.25) is 19.7 Å². The lowest BCUT2D eigenvalue weighted by Crippen LogP contribution is -2.22. The highest BCUT2D eigenvalue weighted by Crippen LogP contribution is 2.34. The number of methoxy groups -OCH3 is 1. The molecule has 0 atom stereocenters. The van der Waals surface area contributed by atoms with E-state index in [4.69, 9.17) is 14.5 Å². The summed E-state index contributed by atoms with van der Waals surface area (Å²) in [6, 6.07) is 22.3. The summed E-state index contributed by atoms with van der Waals surface area (Å²) >= 11 is 0. The van der Waals surface area contributed by atoms with E-state index in [0.29, 0.717) is 22.2 Å². The van der Waals surface area contributed by atoms with Gasteiger partial charge in [-0.25, -0.2) is 4.98 Å². The van der Waals surface area contributed by atoms with Crippen LogP contribution < -0.4 is 20.3 Å². The van der Waals surface area contributed by atoms with Crippen molar-refractivity contribution in [2.75, 3.05) is 19.0 Å². The van der Waals surface area contributed by atoms with E-state index in [1.807, 2.05) is 52.0 Å². The van der Waals surface area contributed by atoms with Crippen LogP contribution in [0.5, 0.6) is 11.5 Å². The van der Waals surface area contributed by atoms with E-state index in [1.165, 1.54) is 23.0 Å². The van der Waals surface area contributed by atoms with Gasteiger partial charge in [0.15, 0.2) is 12.4 Å². The summed E-state index contributed by atoms with van der Waals surface area (Å²) in [6.45, 7) is 7.34. The van der Waals surface area contributed by atoms with E-state index in [9.17, 15) is 19.7 Å². The first kappa shape index (κ1) is 31.6. The predicted molar refractivity (Wildman–Crippen MR) is 178 cm³/mol. The van der Waals surface area contributed by atoms with E-state index >= 15 is 0 Å². The van der Waals surface area contributed by atoms with Crippen LogP contribution in [-0.2, 0) is 4.79 Å². The second kappa shape index (κ2) is 13.4. The molecular weight excluding hydrogens is 586 g/mol. The number of nitro groups is 1. The van der Waals surface area contributed by atoms with Crippen LogP contribution in [0.1, 0.15) is 42.0 Å². The number of nitrogens with zero attached hydrogens (tertiary/aromatic N) is 4. The standard InChI is InChI=1S/C35H33N5O6/c1-21(2)26-18-27(23(4)17-31(26)45-5)34-38-29-15-9-7-13-25(29)35(42)39(34)36-19-24-12-10-16-30(40(43)44)33(24)46-20-32(41)37-28-14-8-6-11-22(28)3/h6-19,21H,20H2,1-5H3,(H,37,41). The fourth-order valence-electron chi connectivity index (χ4n) is 5.07. The molecule has 0 bridgehead atoms. The summed E-state index contributed by atoms with van der Waals surface area (Å²) in [4.78, 5) is 42.8. The Labute approximate surface area is 265 Å². The molecule has 5 aromatic rings. The number of para-hydroxylation sites is 3. The van der Waals surface area contributed by atoms with Gasteiger partial charge in [-0.2, -0.15) is 9.78 Å². The second-order valence-corrected chi connectivity index (χ2v) is 11.0. The minimum atomic E-state index is -0.602. The quantitative estimate of drug-likeness (QED) is 0.105. The van der Waals surface area contributed by atoms with Crippen LogP contribution in [-0.4, -0.2) is 40.4 Å². The molecule has 0 saturated carbocycles. The lowest BCUT2D eigenvalue weighted by atomic mass is 9.96. The average Bonchev–Trinajstić information content (AvgIpc) is 3.04. The molecule has 11 heteroatoms. The monoisotopic (exact) mass is 619 g/mol. The second-order valence-electron chi connectivity index (χ2n) is 11.0. The van der Waals surface area contributed by atoms with Crippen molar-refractivity contribution in [1.82, 2.24) is 9.66 Å². The maximum Gasteiger partial charge on any atom is 0.311 e. The first-order valence-corrected chi connectivity index (χ1v) is 14.6. The lowest BCUT2D eigenvalue weighted by molar-refractivity contribution is -0.385. The molecule has 0 fully saturated rings. The zero-order valence-electron chi connectivity index (χ0n) is 26.1. The van der Waals surface area contributed by atoms with E-state index in [0.717, 1.165) is 22.4 Å². The van der Waals surface area contributed by atoms with E-state index in [2.05, 4.69) is 10.4 Å². The minimum absolute atomic E-state index is 0.117. The molecule has 1 heterocycles. The van der Waals surface area contributed by atoms with Crippen molar-refractivity contribution in [1.29, 1.82) is 0 Å². The van der Waals surface area contributed by atoms with Crippen molar-refractivity contribution in [2.24, 2.45) is 5.10 Å². The van der Waals surface area contributed by atoms with Gasteiger partial charge in [-0.15, -0.1) is 0 Å². The Morgan fingerprint density at radius 3 is 2.50 bits per heavy atom. The third kappa shape index (κ3) is 6.48. The lowest BCUT2D eigenvalue weighted by Gasteiger charge is -2.17. The normalized spacial score (nSPS) is 11.3. The topological polar surface area (TPSA) is 138 Å².